The van der Waals surface area contributed by atoms with E-state index in [4.69, 9.17) is 5.11 Å². The molecule has 0 saturated heterocycles. The molecule has 0 atom stereocenters. The summed E-state index contributed by atoms with van der Waals surface area (Å²) in [5.74, 6) is 0. The van der Waals surface area contributed by atoms with Crippen LogP contribution in [0.2, 0.25) is 0 Å². The number of aromatic nitrogens is 2. The molecule has 0 amide bonds. The molecule has 14 heavy (non-hydrogen) atoms. The second kappa shape index (κ2) is 3.12. The van der Waals surface area contributed by atoms with Crippen LogP contribution in [0.5, 0.6) is 0 Å². The van der Waals surface area contributed by atoms with Crippen molar-refractivity contribution < 1.29 is 5.11 Å². The van der Waals surface area contributed by atoms with Gasteiger partial charge in [-0.1, -0.05) is 6.07 Å². The van der Waals surface area contributed by atoms with Crippen molar-refractivity contribution in [3.8, 4) is 0 Å². The number of aliphatic hydroxyl groups is 1. The highest BCUT2D eigenvalue weighted by atomic mass is 16.3. The van der Waals surface area contributed by atoms with E-state index < -0.39 is 0 Å². The maximum Gasteiger partial charge on any atom is 0.270 e. The average Bonchev–Trinajstić information content (AvgIpc) is 2.23. The van der Waals surface area contributed by atoms with E-state index in [-0.39, 0.29) is 17.7 Å². The van der Waals surface area contributed by atoms with Crippen LogP contribution in [0.25, 0.3) is 10.8 Å². The topological polar surface area (TPSA) is 86.0 Å². The summed E-state index contributed by atoms with van der Waals surface area (Å²) in [5.41, 5.74) is -0.104. The van der Waals surface area contributed by atoms with Crippen molar-refractivity contribution in [2.45, 2.75) is 6.61 Å². The fourth-order valence-electron chi connectivity index (χ4n) is 1.32. The number of H-pyrrole nitrogens is 2. The lowest BCUT2D eigenvalue weighted by Gasteiger charge is -1.98. The van der Waals surface area contributed by atoms with E-state index in [1.54, 1.807) is 6.07 Å². The number of hydrogen-bond acceptors (Lipinski definition) is 3. The molecule has 3 N–H and O–H groups in total. The van der Waals surface area contributed by atoms with Gasteiger partial charge in [-0.05, 0) is 17.7 Å². The Bertz CT molecular complexity index is 582. The van der Waals surface area contributed by atoms with Gasteiger partial charge in [0, 0.05) is 0 Å². The molecular formula is C9H8N2O3. The summed E-state index contributed by atoms with van der Waals surface area (Å²) in [6.07, 6.45) is 0. The van der Waals surface area contributed by atoms with Gasteiger partial charge in [0.25, 0.3) is 11.1 Å². The molecule has 1 aromatic heterocycles. The van der Waals surface area contributed by atoms with Gasteiger partial charge in [-0.25, -0.2) is 0 Å². The molecule has 5 heteroatoms. The number of fused-ring (bicyclic) bond motifs is 1. The van der Waals surface area contributed by atoms with Gasteiger partial charge < -0.3 is 5.11 Å². The highest BCUT2D eigenvalue weighted by Gasteiger charge is 2.02. The van der Waals surface area contributed by atoms with Crippen molar-refractivity contribution in [2.24, 2.45) is 0 Å². The molecule has 0 spiro atoms. The van der Waals surface area contributed by atoms with Crippen LogP contribution < -0.4 is 11.1 Å². The smallest absolute Gasteiger partial charge is 0.270 e. The van der Waals surface area contributed by atoms with Crippen molar-refractivity contribution >= 4 is 10.8 Å². The van der Waals surface area contributed by atoms with Gasteiger partial charge in [0.15, 0.2) is 0 Å². The van der Waals surface area contributed by atoms with Crippen LogP contribution in [0.4, 0.5) is 0 Å². The summed E-state index contributed by atoms with van der Waals surface area (Å²) < 4.78 is 0. The monoisotopic (exact) mass is 192 g/mol. The minimum absolute atomic E-state index is 0.151. The summed E-state index contributed by atoms with van der Waals surface area (Å²) in [5, 5.41) is 13.9. The number of nitrogens with one attached hydrogen (secondary N) is 2. The van der Waals surface area contributed by atoms with Crippen molar-refractivity contribution in [1.29, 1.82) is 0 Å². The third kappa shape index (κ3) is 1.23. The van der Waals surface area contributed by atoms with Crippen molar-refractivity contribution in [2.75, 3.05) is 0 Å². The van der Waals surface area contributed by atoms with E-state index in [0.717, 1.165) is 0 Å². The van der Waals surface area contributed by atoms with E-state index in [1.165, 1.54) is 12.1 Å². The lowest BCUT2D eigenvalue weighted by Crippen LogP contribution is -2.18. The zero-order chi connectivity index (χ0) is 10.1. The van der Waals surface area contributed by atoms with Gasteiger partial charge in [-0.2, -0.15) is 0 Å². The number of rotatable bonds is 1. The molecule has 5 nitrogen and oxygen atoms in total. The molecule has 1 heterocycles. The molecule has 1 aromatic carbocycles. The van der Waals surface area contributed by atoms with Gasteiger partial charge >= 0.3 is 0 Å². The SMILES string of the molecule is O=c1[nH][nH]c(=O)c2cc(CO)ccc12. The third-order valence-corrected chi connectivity index (χ3v) is 2.05. The summed E-state index contributed by atoms with van der Waals surface area (Å²) in [6.45, 7) is -0.151. The molecule has 0 unspecified atom stereocenters. The van der Waals surface area contributed by atoms with Crippen LogP contribution in [-0.2, 0) is 6.61 Å². The maximum atomic E-state index is 11.3. The summed E-state index contributed by atoms with van der Waals surface area (Å²) in [7, 11) is 0. The zero-order valence-corrected chi connectivity index (χ0v) is 7.20. The first kappa shape index (κ1) is 8.71. The lowest BCUT2D eigenvalue weighted by atomic mass is 10.1. The predicted molar refractivity (Wildman–Crippen MR) is 51.1 cm³/mol. The summed E-state index contributed by atoms with van der Waals surface area (Å²) in [6, 6.07) is 4.63. The molecule has 0 aliphatic carbocycles. The van der Waals surface area contributed by atoms with Crippen molar-refractivity contribution in [3.63, 3.8) is 0 Å². The highest BCUT2D eigenvalue weighted by Crippen LogP contribution is 2.07. The molecule has 0 fully saturated rings. The minimum atomic E-state index is -0.366. The molecule has 0 bridgehead atoms. The van der Waals surface area contributed by atoms with E-state index in [2.05, 4.69) is 10.2 Å². The van der Waals surface area contributed by atoms with Crippen LogP contribution in [0, 0.1) is 0 Å². The zero-order valence-electron chi connectivity index (χ0n) is 7.20. The van der Waals surface area contributed by atoms with E-state index >= 15 is 0 Å². The van der Waals surface area contributed by atoms with Crippen LogP contribution in [0.1, 0.15) is 5.56 Å². The lowest BCUT2D eigenvalue weighted by molar-refractivity contribution is 0.282. The Balaban J connectivity index is 2.94. The van der Waals surface area contributed by atoms with E-state index in [0.29, 0.717) is 16.3 Å². The van der Waals surface area contributed by atoms with Gasteiger partial charge in [-0.15, -0.1) is 0 Å². The predicted octanol–water partition coefficient (Wildman–Crippen LogP) is -0.291. The van der Waals surface area contributed by atoms with Crippen molar-refractivity contribution in [1.82, 2.24) is 10.2 Å². The largest absolute Gasteiger partial charge is 0.392 e. The molecular weight excluding hydrogens is 184 g/mol. The third-order valence-electron chi connectivity index (χ3n) is 2.05. The van der Waals surface area contributed by atoms with Crippen LogP contribution >= 0.6 is 0 Å². The van der Waals surface area contributed by atoms with Gasteiger partial charge in [0.1, 0.15) is 0 Å². The first-order chi connectivity index (χ1) is 6.72. The Morgan fingerprint density at radius 3 is 2.36 bits per heavy atom. The van der Waals surface area contributed by atoms with Gasteiger partial charge in [0.05, 0.1) is 17.4 Å². The van der Waals surface area contributed by atoms with E-state index in [1.807, 2.05) is 0 Å². The molecule has 0 aliphatic rings. The highest BCUT2D eigenvalue weighted by molar-refractivity contribution is 5.80. The molecule has 0 saturated carbocycles. The fraction of sp³-hybridized carbons (Fsp3) is 0.111. The molecule has 0 aliphatic heterocycles. The fourth-order valence-corrected chi connectivity index (χ4v) is 1.32. The molecule has 2 rings (SSSR count). The number of hydrogen-bond donors (Lipinski definition) is 3. The second-order valence-corrected chi connectivity index (χ2v) is 2.95. The Hall–Kier alpha value is -1.88. The summed E-state index contributed by atoms with van der Waals surface area (Å²) in [4.78, 5) is 22.5. The standard InChI is InChI=1S/C9H8N2O3/c12-4-5-1-2-6-7(3-5)9(14)11-10-8(6)13/h1-3,12H,4H2,(H,10,13)(H,11,14). The normalized spacial score (nSPS) is 10.6. The number of aromatic amines is 2. The molecule has 0 radical (unpaired) electrons. The Kier molecular flexibility index (Phi) is 1.94. The molecule has 2 aromatic rings. The van der Waals surface area contributed by atoms with Crippen LogP contribution in [0.15, 0.2) is 27.8 Å². The maximum absolute atomic E-state index is 11.3. The average molecular weight is 192 g/mol. The first-order valence-corrected chi connectivity index (χ1v) is 4.07. The molecule has 72 valence electrons. The van der Waals surface area contributed by atoms with Crippen LogP contribution in [-0.4, -0.2) is 15.3 Å². The number of benzene rings is 1. The number of aliphatic hydroxyl groups excluding tert-OH is 1. The van der Waals surface area contributed by atoms with Crippen LogP contribution in [0.3, 0.4) is 0 Å². The Morgan fingerprint density at radius 2 is 1.71 bits per heavy atom. The van der Waals surface area contributed by atoms with E-state index in [9.17, 15) is 9.59 Å². The Labute approximate surface area is 78.0 Å². The quantitative estimate of drug-likeness (QED) is 0.580. The second-order valence-electron chi connectivity index (χ2n) is 2.95. The van der Waals surface area contributed by atoms with Crippen molar-refractivity contribution in [3.05, 3.63) is 44.5 Å². The van der Waals surface area contributed by atoms with Gasteiger partial charge in [0.2, 0.25) is 0 Å². The van der Waals surface area contributed by atoms with Gasteiger partial charge in [-0.3, -0.25) is 19.8 Å². The summed E-state index contributed by atoms with van der Waals surface area (Å²) >= 11 is 0. The Morgan fingerprint density at radius 1 is 1.07 bits per heavy atom. The minimum Gasteiger partial charge on any atom is -0.392 e. The first-order valence-electron chi connectivity index (χ1n) is 4.07.